The minimum absolute atomic E-state index is 0.0813. The molecule has 1 aliphatic heterocycles. The smallest absolute Gasteiger partial charge is 0.242 e. The van der Waals surface area contributed by atoms with Gasteiger partial charge >= 0.3 is 0 Å². The number of aromatic nitrogens is 2. The molecule has 0 spiro atoms. The molecule has 1 aliphatic rings. The number of benzene rings is 1. The molecule has 25 heavy (non-hydrogen) atoms. The van der Waals surface area contributed by atoms with Crippen LogP contribution in [0.5, 0.6) is 0 Å². The Morgan fingerprint density at radius 2 is 2.04 bits per heavy atom. The molecule has 3 aromatic rings. The van der Waals surface area contributed by atoms with Crippen LogP contribution in [0.4, 0.5) is 5.82 Å². The van der Waals surface area contributed by atoms with E-state index in [1.165, 1.54) is 11.1 Å². The summed E-state index contributed by atoms with van der Waals surface area (Å²) in [7, 11) is 0. The van der Waals surface area contributed by atoms with Gasteiger partial charge in [-0.15, -0.1) is 11.3 Å². The minimum atomic E-state index is 0.0813. The van der Waals surface area contributed by atoms with Gasteiger partial charge in [-0.25, -0.2) is 4.98 Å². The van der Waals surface area contributed by atoms with E-state index in [2.05, 4.69) is 33.5 Å². The van der Waals surface area contributed by atoms with E-state index in [0.717, 1.165) is 23.5 Å². The summed E-state index contributed by atoms with van der Waals surface area (Å²) in [6, 6.07) is 12.3. The minimum Gasteiger partial charge on any atom is -0.360 e. The summed E-state index contributed by atoms with van der Waals surface area (Å²) in [5.41, 5.74) is 3.40. The van der Waals surface area contributed by atoms with Gasteiger partial charge in [0.15, 0.2) is 0 Å². The number of anilines is 1. The van der Waals surface area contributed by atoms with Crippen molar-refractivity contribution < 1.29 is 4.79 Å². The number of hydrogen-bond acceptors (Lipinski definition) is 5. The van der Waals surface area contributed by atoms with Crippen molar-refractivity contribution in [2.24, 2.45) is 0 Å². The molecule has 126 valence electrons. The first-order chi connectivity index (χ1) is 12.3. The van der Waals surface area contributed by atoms with E-state index in [-0.39, 0.29) is 12.5 Å². The monoisotopic (exact) mass is 350 g/mol. The summed E-state index contributed by atoms with van der Waals surface area (Å²) in [5.74, 6) is 0.703. The number of rotatable bonds is 4. The van der Waals surface area contributed by atoms with E-state index in [1.807, 2.05) is 28.5 Å². The molecule has 1 amide bonds. The van der Waals surface area contributed by atoms with Crippen molar-refractivity contribution in [3.05, 3.63) is 65.3 Å². The van der Waals surface area contributed by atoms with Crippen LogP contribution in [0.1, 0.15) is 11.1 Å². The Kier molecular flexibility index (Phi) is 4.43. The standard InChI is InChI=1S/C19H18N4OS/c24-19(23-8-7-14-4-1-2-5-15(14)13-23)12-21-18-11-20-10-16(22-18)17-6-3-9-25-17/h1-6,9-11H,7-8,12-13H2,(H,21,22). The van der Waals surface area contributed by atoms with E-state index < -0.39 is 0 Å². The molecule has 0 radical (unpaired) electrons. The second-order valence-corrected chi connectivity index (χ2v) is 6.90. The lowest BCUT2D eigenvalue weighted by Crippen LogP contribution is -2.39. The lowest BCUT2D eigenvalue weighted by molar-refractivity contribution is -0.130. The highest BCUT2D eigenvalue weighted by Crippen LogP contribution is 2.23. The lowest BCUT2D eigenvalue weighted by atomic mass is 10.00. The van der Waals surface area contributed by atoms with E-state index in [4.69, 9.17) is 0 Å². The molecule has 1 N–H and O–H groups in total. The Bertz CT molecular complexity index is 879. The molecule has 2 aromatic heterocycles. The van der Waals surface area contributed by atoms with Crippen molar-refractivity contribution in [2.45, 2.75) is 13.0 Å². The SMILES string of the molecule is O=C(CNc1cncc(-c2cccs2)n1)N1CCc2ccccc2C1. The van der Waals surface area contributed by atoms with Crippen LogP contribution in [0.2, 0.25) is 0 Å². The number of amides is 1. The van der Waals surface area contributed by atoms with Crippen LogP contribution in [0.25, 0.3) is 10.6 Å². The number of hydrogen-bond donors (Lipinski definition) is 1. The van der Waals surface area contributed by atoms with Crippen LogP contribution in [-0.4, -0.2) is 33.9 Å². The average molecular weight is 350 g/mol. The summed E-state index contributed by atoms with van der Waals surface area (Å²) >= 11 is 1.62. The number of fused-ring (bicyclic) bond motifs is 1. The quantitative estimate of drug-likeness (QED) is 0.785. The molecule has 0 aliphatic carbocycles. The average Bonchev–Trinajstić information content (AvgIpc) is 3.21. The first-order valence-electron chi connectivity index (χ1n) is 8.24. The summed E-state index contributed by atoms with van der Waals surface area (Å²) in [4.78, 5) is 24.2. The van der Waals surface area contributed by atoms with Crippen molar-refractivity contribution in [2.75, 3.05) is 18.4 Å². The predicted molar refractivity (Wildman–Crippen MR) is 99.4 cm³/mol. The molecule has 5 nitrogen and oxygen atoms in total. The molecular formula is C19H18N4OS. The zero-order valence-corrected chi connectivity index (χ0v) is 14.5. The summed E-state index contributed by atoms with van der Waals surface area (Å²) in [6.07, 6.45) is 4.30. The molecule has 0 saturated carbocycles. The number of carbonyl (C=O) groups excluding carboxylic acids is 1. The first-order valence-corrected chi connectivity index (χ1v) is 9.12. The van der Waals surface area contributed by atoms with Crippen molar-refractivity contribution >= 4 is 23.1 Å². The maximum atomic E-state index is 12.5. The molecular weight excluding hydrogens is 332 g/mol. The Hall–Kier alpha value is -2.73. The fourth-order valence-electron chi connectivity index (χ4n) is 2.98. The van der Waals surface area contributed by atoms with Crippen molar-refractivity contribution in [3.8, 4) is 10.6 Å². The Labute approximate surface area is 150 Å². The topological polar surface area (TPSA) is 58.1 Å². The van der Waals surface area contributed by atoms with Gasteiger partial charge in [0.1, 0.15) is 11.5 Å². The van der Waals surface area contributed by atoms with E-state index in [9.17, 15) is 4.79 Å². The predicted octanol–water partition coefficient (Wildman–Crippen LogP) is 3.20. The van der Waals surface area contributed by atoms with Gasteiger partial charge in [0, 0.05) is 13.1 Å². The second kappa shape index (κ2) is 7.03. The van der Waals surface area contributed by atoms with Gasteiger partial charge in [0.05, 0.1) is 23.8 Å². The van der Waals surface area contributed by atoms with Crippen molar-refractivity contribution in [1.29, 1.82) is 0 Å². The fourth-order valence-corrected chi connectivity index (χ4v) is 3.66. The van der Waals surface area contributed by atoms with Crippen LogP contribution < -0.4 is 5.32 Å². The maximum Gasteiger partial charge on any atom is 0.242 e. The Morgan fingerprint density at radius 1 is 1.16 bits per heavy atom. The summed E-state index contributed by atoms with van der Waals surface area (Å²) < 4.78 is 0. The number of nitrogens with zero attached hydrogens (tertiary/aromatic N) is 3. The third kappa shape index (κ3) is 3.53. The van der Waals surface area contributed by atoms with Gasteiger partial charge in [-0.05, 0) is 29.0 Å². The highest BCUT2D eigenvalue weighted by molar-refractivity contribution is 7.13. The largest absolute Gasteiger partial charge is 0.360 e. The lowest BCUT2D eigenvalue weighted by Gasteiger charge is -2.29. The fraction of sp³-hybridized carbons (Fsp3) is 0.211. The van der Waals surface area contributed by atoms with E-state index in [0.29, 0.717) is 12.4 Å². The van der Waals surface area contributed by atoms with Gasteiger partial charge in [-0.1, -0.05) is 30.3 Å². The zero-order chi connectivity index (χ0) is 17.1. The molecule has 3 heterocycles. The zero-order valence-electron chi connectivity index (χ0n) is 13.7. The highest BCUT2D eigenvalue weighted by atomic mass is 32.1. The number of nitrogens with one attached hydrogen (secondary N) is 1. The van der Waals surface area contributed by atoms with Crippen molar-refractivity contribution in [1.82, 2.24) is 14.9 Å². The summed E-state index contributed by atoms with van der Waals surface area (Å²) in [5, 5.41) is 5.12. The third-order valence-corrected chi connectivity index (χ3v) is 5.20. The van der Waals surface area contributed by atoms with Crippen LogP contribution in [0.15, 0.2) is 54.2 Å². The van der Waals surface area contributed by atoms with Crippen LogP contribution >= 0.6 is 11.3 Å². The maximum absolute atomic E-state index is 12.5. The number of carbonyl (C=O) groups is 1. The van der Waals surface area contributed by atoms with Gasteiger partial charge < -0.3 is 10.2 Å². The van der Waals surface area contributed by atoms with Gasteiger partial charge in [0.2, 0.25) is 5.91 Å². The molecule has 0 saturated heterocycles. The third-order valence-electron chi connectivity index (χ3n) is 4.31. The van der Waals surface area contributed by atoms with Gasteiger partial charge in [0.25, 0.3) is 0 Å². The Balaban J connectivity index is 1.39. The van der Waals surface area contributed by atoms with Gasteiger partial charge in [-0.3, -0.25) is 9.78 Å². The number of thiophene rings is 1. The van der Waals surface area contributed by atoms with Crippen molar-refractivity contribution in [3.63, 3.8) is 0 Å². The Morgan fingerprint density at radius 3 is 2.88 bits per heavy atom. The summed E-state index contributed by atoms with van der Waals surface area (Å²) in [6.45, 7) is 1.67. The first kappa shape index (κ1) is 15.8. The van der Waals surface area contributed by atoms with E-state index in [1.54, 1.807) is 23.7 Å². The molecule has 4 rings (SSSR count). The van der Waals surface area contributed by atoms with Gasteiger partial charge in [-0.2, -0.15) is 0 Å². The van der Waals surface area contributed by atoms with Crippen LogP contribution in [0, 0.1) is 0 Å². The molecule has 0 unspecified atom stereocenters. The van der Waals surface area contributed by atoms with E-state index >= 15 is 0 Å². The van der Waals surface area contributed by atoms with Crippen LogP contribution in [0.3, 0.4) is 0 Å². The van der Waals surface area contributed by atoms with Crippen LogP contribution in [-0.2, 0) is 17.8 Å². The molecule has 0 fully saturated rings. The second-order valence-electron chi connectivity index (χ2n) is 5.95. The molecule has 1 aromatic carbocycles. The highest BCUT2D eigenvalue weighted by Gasteiger charge is 2.20. The molecule has 0 bridgehead atoms. The molecule has 0 atom stereocenters. The normalized spacial score (nSPS) is 13.4. The molecule has 6 heteroatoms.